The lowest BCUT2D eigenvalue weighted by molar-refractivity contribution is 0.0697. The topological polar surface area (TPSA) is 74.7 Å². The van der Waals surface area contributed by atoms with Crippen LogP contribution < -0.4 is 10.1 Å². The number of ether oxygens (including phenoxy) is 1. The van der Waals surface area contributed by atoms with E-state index < -0.39 is 5.97 Å². The fraction of sp³-hybridized carbons (Fsp3) is 0.333. The molecule has 4 rings (SSSR count). The van der Waals surface area contributed by atoms with Gasteiger partial charge in [0.15, 0.2) is 0 Å². The number of hydrogen-bond acceptors (Lipinski definition) is 5. The molecule has 0 saturated carbocycles. The lowest BCUT2D eigenvalue weighted by Gasteiger charge is -2.35. The summed E-state index contributed by atoms with van der Waals surface area (Å²) in [6, 6.07) is 14.7. The van der Waals surface area contributed by atoms with E-state index in [1.54, 1.807) is 6.20 Å². The molecule has 0 bridgehead atoms. The van der Waals surface area contributed by atoms with Gasteiger partial charge in [0.25, 0.3) is 0 Å². The Morgan fingerprint density at radius 1 is 1.24 bits per heavy atom. The average molecular weight is 446 g/mol. The lowest BCUT2D eigenvalue weighted by atomic mass is 9.89. The first-order chi connectivity index (χ1) is 16.0. The largest absolute Gasteiger partial charge is 0.494 e. The van der Waals surface area contributed by atoms with Crippen molar-refractivity contribution in [3.8, 4) is 16.9 Å². The summed E-state index contributed by atoms with van der Waals surface area (Å²) in [6.07, 6.45) is 5.06. The fourth-order valence-electron chi connectivity index (χ4n) is 4.47. The van der Waals surface area contributed by atoms with Crippen LogP contribution in [0.15, 0.2) is 54.9 Å². The molecule has 1 aliphatic rings. The van der Waals surface area contributed by atoms with Crippen molar-refractivity contribution in [2.45, 2.75) is 32.7 Å². The first-order valence-electron chi connectivity index (χ1n) is 11.5. The van der Waals surface area contributed by atoms with Gasteiger partial charge in [0.2, 0.25) is 0 Å². The highest BCUT2D eigenvalue weighted by Crippen LogP contribution is 2.34. The van der Waals surface area contributed by atoms with E-state index in [9.17, 15) is 9.90 Å². The smallest absolute Gasteiger partial charge is 0.337 e. The number of fused-ring (bicyclic) bond motifs is 1. The molecular formula is C27H31N3O3. The number of carboxylic acids is 1. The summed E-state index contributed by atoms with van der Waals surface area (Å²) in [5, 5.41) is 12.8. The van der Waals surface area contributed by atoms with Gasteiger partial charge in [0.05, 0.1) is 30.1 Å². The van der Waals surface area contributed by atoms with Gasteiger partial charge in [-0.05, 0) is 72.8 Å². The summed E-state index contributed by atoms with van der Waals surface area (Å²) >= 11 is 0. The Labute approximate surface area is 195 Å². The minimum Gasteiger partial charge on any atom is -0.494 e. The zero-order valence-corrected chi connectivity index (χ0v) is 19.5. The maximum atomic E-state index is 11.5. The second-order valence-electron chi connectivity index (χ2n) is 8.59. The molecule has 0 amide bonds. The zero-order chi connectivity index (χ0) is 23.4. The third-order valence-corrected chi connectivity index (χ3v) is 6.29. The van der Waals surface area contributed by atoms with Gasteiger partial charge in [-0.1, -0.05) is 31.2 Å². The molecule has 3 aromatic rings. The molecule has 0 radical (unpaired) electrons. The Hall–Kier alpha value is -3.38. The van der Waals surface area contributed by atoms with E-state index in [0.29, 0.717) is 12.2 Å². The van der Waals surface area contributed by atoms with E-state index in [1.165, 1.54) is 40.1 Å². The molecule has 2 N–H and O–H groups in total. The van der Waals surface area contributed by atoms with Gasteiger partial charge in [0.1, 0.15) is 5.75 Å². The molecule has 0 saturated heterocycles. The maximum Gasteiger partial charge on any atom is 0.337 e. The van der Waals surface area contributed by atoms with Gasteiger partial charge < -0.3 is 15.2 Å². The number of anilines is 1. The third kappa shape index (κ3) is 5.01. The highest BCUT2D eigenvalue weighted by atomic mass is 16.5. The van der Waals surface area contributed by atoms with Gasteiger partial charge in [-0.2, -0.15) is 0 Å². The van der Waals surface area contributed by atoms with Gasteiger partial charge in [-0.3, -0.25) is 9.88 Å². The van der Waals surface area contributed by atoms with Crippen molar-refractivity contribution >= 4 is 11.7 Å². The third-order valence-electron chi connectivity index (χ3n) is 6.29. The molecule has 0 unspecified atom stereocenters. The summed E-state index contributed by atoms with van der Waals surface area (Å²) in [5.74, 6) is -0.0385. The molecule has 6 nitrogen and oxygen atoms in total. The number of hydrogen-bond donors (Lipinski definition) is 2. The SMILES string of the molecule is CCCOc1ccc(-c2ccc3c(c2)CCN(C)[C@@H]3CNc2cnccc2C(=O)O)c(C)c1. The van der Waals surface area contributed by atoms with E-state index >= 15 is 0 Å². The zero-order valence-electron chi connectivity index (χ0n) is 19.5. The number of nitrogens with one attached hydrogen (secondary N) is 1. The first kappa shape index (κ1) is 22.8. The van der Waals surface area contributed by atoms with Crippen LogP contribution in [0.25, 0.3) is 11.1 Å². The number of carboxylic acid groups (broad SMARTS) is 1. The van der Waals surface area contributed by atoms with Gasteiger partial charge in [-0.15, -0.1) is 0 Å². The van der Waals surface area contributed by atoms with Gasteiger partial charge in [0, 0.05) is 19.3 Å². The quantitative estimate of drug-likeness (QED) is 0.497. The van der Waals surface area contributed by atoms with Crippen LogP contribution in [0.5, 0.6) is 5.75 Å². The number of aromatic nitrogens is 1. The predicted octanol–water partition coefficient (Wildman–Crippen LogP) is 5.19. The van der Waals surface area contributed by atoms with Crippen LogP contribution in [0.3, 0.4) is 0 Å². The number of aromatic carboxylic acids is 1. The summed E-state index contributed by atoms with van der Waals surface area (Å²) in [5.41, 5.74) is 7.03. The average Bonchev–Trinajstić information content (AvgIpc) is 2.82. The summed E-state index contributed by atoms with van der Waals surface area (Å²) in [6.45, 7) is 6.52. The minimum atomic E-state index is -0.955. The highest BCUT2D eigenvalue weighted by Gasteiger charge is 2.25. The molecule has 0 aliphatic carbocycles. The minimum absolute atomic E-state index is 0.149. The number of benzene rings is 2. The van der Waals surface area contributed by atoms with E-state index in [-0.39, 0.29) is 11.6 Å². The normalized spacial score (nSPS) is 15.7. The number of rotatable bonds is 8. The second kappa shape index (κ2) is 10.0. The Kier molecular flexibility index (Phi) is 6.94. The summed E-state index contributed by atoms with van der Waals surface area (Å²) in [4.78, 5) is 17.9. The summed E-state index contributed by atoms with van der Waals surface area (Å²) in [7, 11) is 2.11. The second-order valence-corrected chi connectivity index (χ2v) is 8.59. The van der Waals surface area contributed by atoms with Crippen LogP contribution in [-0.2, 0) is 6.42 Å². The Balaban J connectivity index is 1.56. The van der Waals surface area contributed by atoms with Crippen molar-refractivity contribution < 1.29 is 14.6 Å². The van der Waals surface area contributed by atoms with Crippen LogP contribution in [0.4, 0.5) is 5.69 Å². The van der Waals surface area contributed by atoms with Crippen LogP contribution in [0, 0.1) is 6.92 Å². The predicted molar refractivity (Wildman–Crippen MR) is 131 cm³/mol. The molecule has 0 fully saturated rings. The molecule has 172 valence electrons. The van der Waals surface area contributed by atoms with E-state index in [4.69, 9.17) is 4.74 Å². The fourth-order valence-corrected chi connectivity index (χ4v) is 4.47. The molecular weight excluding hydrogens is 414 g/mol. The van der Waals surface area contributed by atoms with Crippen molar-refractivity contribution in [3.63, 3.8) is 0 Å². The van der Waals surface area contributed by atoms with Crippen molar-refractivity contribution in [2.24, 2.45) is 0 Å². The Morgan fingerprint density at radius 2 is 2.09 bits per heavy atom. The highest BCUT2D eigenvalue weighted by molar-refractivity contribution is 5.93. The molecule has 1 aromatic heterocycles. The number of carbonyl (C=O) groups is 1. The van der Waals surface area contributed by atoms with E-state index in [2.05, 4.69) is 66.4 Å². The Bertz CT molecular complexity index is 1150. The number of nitrogens with zero attached hydrogens (tertiary/aromatic N) is 2. The molecule has 1 aliphatic heterocycles. The van der Waals surface area contributed by atoms with Crippen molar-refractivity contribution in [1.82, 2.24) is 9.88 Å². The lowest BCUT2D eigenvalue weighted by Crippen LogP contribution is -2.36. The standard InChI is InChI=1S/C27H31N3O3/c1-4-13-33-21-6-8-22(18(2)14-21)19-5-7-23-20(15-19)10-12-30(3)26(23)17-29-25-16-28-11-9-24(25)27(31)32/h5-9,11,14-16,26,29H,4,10,12-13,17H2,1-3H3,(H,31,32)/t26-/m1/s1. The van der Waals surface area contributed by atoms with Crippen molar-refractivity contribution in [1.29, 1.82) is 0 Å². The van der Waals surface area contributed by atoms with Gasteiger partial charge in [-0.25, -0.2) is 4.79 Å². The summed E-state index contributed by atoms with van der Waals surface area (Å²) < 4.78 is 5.78. The number of likely N-dealkylation sites (N-methyl/N-ethyl adjacent to an activating group) is 1. The molecule has 6 heteroatoms. The van der Waals surface area contributed by atoms with Crippen LogP contribution >= 0.6 is 0 Å². The van der Waals surface area contributed by atoms with Crippen LogP contribution in [0.2, 0.25) is 0 Å². The monoisotopic (exact) mass is 445 g/mol. The molecule has 33 heavy (non-hydrogen) atoms. The number of aryl methyl sites for hydroxylation is 1. The van der Waals surface area contributed by atoms with Crippen LogP contribution in [0.1, 0.15) is 46.4 Å². The van der Waals surface area contributed by atoms with Gasteiger partial charge >= 0.3 is 5.97 Å². The molecule has 1 atom stereocenters. The van der Waals surface area contributed by atoms with Crippen LogP contribution in [-0.4, -0.2) is 47.7 Å². The molecule has 2 aromatic carbocycles. The Morgan fingerprint density at radius 3 is 2.85 bits per heavy atom. The van der Waals surface area contributed by atoms with E-state index in [0.717, 1.165) is 31.7 Å². The maximum absolute atomic E-state index is 11.5. The van der Waals surface area contributed by atoms with Crippen molar-refractivity contribution in [2.75, 3.05) is 32.1 Å². The first-order valence-corrected chi connectivity index (χ1v) is 11.5. The molecule has 0 spiro atoms. The van der Waals surface area contributed by atoms with Crippen molar-refractivity contribution in [3.05, 3.63) is 77.1 Å². The molecule has 2 heterocycles. The number of pyridine rings is 1. The van der Waals surface area contributed by atoms with E-state index in [1.807, 2.05) is 6.07 Å².